The first kappa shape index (κ1) is 9.89. The Morgan fingerprint density at radius 1 is 1.24 bits per heavy atom. The predicted octanol–water partition coefficient (Wildman–Crippen LogP) is 1.18. The van der Waals surface area contributed by atoms with Gasteiger partial charge in [0.05, 0.1) is 0 Å². The zero-order valence-corrected chi connectivity index (χ0v) is 10.1. The van der Waals surface area contributed by atoms with Gasteiger partial charge < -0.3 is 9.80 Å². The molecule has 5 rings (SSSR count). The molecule has 4 heterocycles. The highest BCUT2D eigenvalue weighted by Crippen LogP contribution is 2.36. The molecular formula is C14H18N2O. The fraction of sp³-hybridized carbons (Fsp3) is 0.643. The van der Waals surface area contributed by atoms with Crippen LogP contribution in [-0.4, -0.2) is 47.9 Å². The summed E-state index contributed by atoms with van der Waals surface area (Å²) in [6.07, 6.45) is 7.72. The molecule has 5 aliphatic rings. The van der Waals surface area contributed by atoms with Crippen molar-refractivity contribution < 1.29 is 4.79 Å². The van der Waals surface area contributed by atoms with E-state index in [9.17, 15) is 4.79 Å². The van der Waals surface area contributed by atoms with Crippen molar-refractivity contribution in [2.45, 2.75) is 25.3 Å². The molecule has 1 aliphatic carbocycles. The van der Waals surface area contributed by atoms with Crippen molar-refractivity contribution in [3.63, 3.8) is 0 Å². The third-order valence-electron chi connectivity index (χ3n) is 4.90. The van der Waals surface area contributed by atoms with Crippen LogP contribution in [0.4, 0.5) is 0 Å². The Kier molecular flexibility index (Phi) is 2.01. The van der Waals surface area contributed by atoms with E-state index < -0.39 is 0 Å². The average molecular weight is 230 g/mol. The summed E-state index contributed by atoms with van der Waals surface area (Å²) in [4.78, 5) is 17.0. The highest BCUT2D eigenvalue weighted by atomic mass is 16.2. The number of allylic oxidation sites excluding steroid dienone is 1. The standard InChI is InChI=1S/C14H18N2O/c17-14-12-3-1-2-11(12)8-16(14)13-9-15-6-4-10(13)5-7-15/h1,3,10,13H,2,4-9H2/t13-/m0/s1. The second kappa shape index (κ2) is 3.45. The molecule has 0 spiro atoms. The van der Waals surface area contributed by atoms with Crippen molar-refractivity contribution in [2.24, 2.45) is 5.92 Å². The number of carbonyl (C=O) groups excluding carboxylic acids is 1. The molecule has 0 radical (unpaired) electrons. The van der Waals surface area contributed by atoms with E-state index in [0.29, 0.717) is 11.9 Å². The summed E-state index contributed by atoms with van der Waals surface area (Å²) in [5, 5.41) is 0. The van der Waals surface area contributed by atoms with Crippen LogP contribution in [0.3, 0.4) is 0 Å². The molecule has 3 saturated heterocycles. The summed E-state index contributed by atoms with van der Waals surface area (Å²) in [6.45, 7) is 4.50. The van der Waals surface area contributed by atoms with E-state index in [-0.39, 0.29) is 0 Å². The molecule has 2 bridgehead atoms. The van der Waals surface area contributed by atoms with E-state index in [2.05, 4.69) is 15.9 Å². The van der Waals surface area contributed by atoms with Crippen LogP contribution in [0.15, 0.2) is 23.3 Å². The van der Waals surface area contributed by atoms with Gasteiger partial charge in [0, 0.05) is 24.7 Å². The van der Waals surface area contributed by atoms with Crippen molar-refractivity contribution in [1.82, 2.24) is 9.80 Å². The second-order valence-corrected chi connectivity index (χ2v) is 5.76. The topological polar surface area (TPSA) is 23.6 Å². The normalized spacial score (nSPS) is 39.4. The third-order valence-corrected chi connectivity index (χ3v) is 4.90. The number of hydrogen-bond acceptors (Lipinski definition) is 2. The number of carbonyl (C=O) groups is 1. The number of nitrogens with zero attached hydrogens (tertiary/aromatic N) is 2. The maximum atomic E-state index is 12.4. The molecule has 0 aromatic heterocycles. The van der Waals surface area contributed by atoms with Crippen LogP contribution in [0.5, 0.6) is 0 Å². The van der Waals surface area contributed by atoms with Gasteiger partial charge in [0.15, 0.2) is 0 Å². The summed E-state index contributed by atoms with van der Waals surface area (Å²) in [5.41, 5.74) is 2.35. The van der Waals surface area contributed by atoms with Crippen molar-refractivity contribution in [1.29, 1.82) is 0 Å². The lowest BCUT2D eigenvalue weighted by Crippen LogP contribution is -2.58. The number of fused-ring (bicyclic) bond motifs is 3. The molecule has 0 unspecified atom stereocenters. The van der Waals surface area contributed by atoms with Crippen LogP contribution < -0.4 is 0 Å². The van der Waals surface area contributed by atoms with E-state index in [1.807, 2.05) is 6.08 Å². The molecular weight excluding hydrogens is 212 g/mol. The Hall–Kier alpha value is -1.09. The highest BCUT2D eigenvalue weighted by molar-refractivity contribution is 6.00. The number of hydrogen-bond donors (Lipinski definition) is 0. The quantitative estimate of drug-likeness (QED) is 0.675. The fourth-order valence-corrected chi connectivity index (χ4v) is 3.91. The van der Waals surface area contributed by atoms with E-state index in [4.69, 9.17) is 0 Å². The van der Waals surface area contributed by atoms with Crippen molar-refractivity contribution >= 4 is 5.91 Å². The summed E-state index contributed by atoms with van der Waals surface area (Å²) in [6, 6.07) is 0.490. The maximum absolute atomic E-state index is 12.4. The van der Waals surface area contributed by atoms with Gasteiger partial charge in [-0.15, -0.1) is 0 Å². The minimum Gasteiger partial charge on any atom is -0.330 e. The molecule has 0 aromatic rings. The molecule has 17 heavy (non-hydrogen) atoms. The van der Waals surface area contributed by atoms with Crippen molar-refractivity contribution in [2.75, 3.05) is 26.2 Å². The van der Waals surface area contributed by atoms with Gasteiger partial charge in [0.1, 0.15) is 0 Å². The van der Waals surface area contributed by atoms with E-state index in [1.165, 1.54) is 31.5 Å². The summed E-state index contributed by atoms with van der Waals surface area (Å²) in [5.74, 6) is 1.06. The van der Waals surface area contributed by atoms with Gasteiger partial charge in [-0.25, -0.2) is 0 Å². The van der Waals surface area contributed by atoms with Crippen LogP contribution in [0, 0.1) is 5.92 Å². The first-order valence-electron chi connectivity index (χ1n) is 6.75. The second-order valence-electron chi connectivity index (χ2n) is 5.76. The van der Waals surface area contributed by atoms with Gasteiger partial charge in [-0.1, -0.05) is 12.2 Å². The van der Waals surface area contributed by atoms with Gasteiger partial charge in [0.25, 0.3) is 5.91 Å². The van der Waals surface area contributed by atoms with Crippen LogP contribution in [-0.2, 0) is 4.79 Å². The maximum Gasteiger partial charge on any atom is 0.254 e. The Balaban J connectivity index is 1.58. The molecule has 3 heteroatoms. The molecule has 1 atom stereocenters. The third kappa shape index (κ3) is 1.35. The molecule has 3 fully saturated rings. The first-order valence-corrected chi connectivity index (χ1v) is 6.75. The highest BCUT2D eigenvalue weighted by Gasteiger charge is 2.42. The monoisotopic (exact) mass is 230 g/mol. The van der Waals surface area contributed by atoms with Gasteiger partial charge >= 0.3 is 0 Å². The zero-order valence-electron chi connectivity index (χ0n) is 10.1. The molecule has 0 saturated carbocycles. The Morgan fingerprint density at radius 2 is 2.06 bits per heavy atom. The zero-order chi connectivity index (χ0) is 11.4. The average Bonchev–Trinajstić information content (AvgIpc) is 2.94. The first-order chi connectivity index (χ1) is 8.33. The summed E-state index contributed by atoms with van der Waals surface area (Å²) >= 11 is 0. The van der Waals surface area contributed by atoms with Gasteiger partial charge in [-0.05, 0) is 43.8 Å². The predicted molar refractivity (Wildman–Crippen MR) is 65.4 cm³/mol. The van der Waals surface area contributed by atoms with Crippen LogP contribution in [0.25, 0.3) is 0 Å². The van der Waals surface area contributed by atoms with Crippen molar-refractivity contribution in [3.8, 4) is 0 Å². The van der Waals surface area contributed by atoms with Gasteiger partial charge in [-0.2, -0.15) is 0 Å². The van der Waals surface area contributed by atoms with Gasteiger partial charge in [0.2, 0.25) is 0 Å². The fourth-order valence-electron chi connectivity index (χ4n) is 3.91. The molecule has 90 valence electrons. The largest absolute Gasteiger partial charge is 0.330 e. The molecule has 1 amide bonds. The SMILES string of the molecule is O=C1C2=C(CC=C2)CN1[C@H]1CN2CCC1CC2. The number of piperidine rings is 3. The smallest absolute Gasteiger partial charge is 0.254 e. The molecule has 0 aromatic carbocycles. The molecule has 3 nitrogen and oxygen atoms in total. The Labute approximate surface area is 102 Å². The molecule has 0 N–H and O–H groups in total. The van der Waals surface area contributed by atoms with E-state index in [0.717, 1.165) is 31.0 Å². The Bertz CT molecular complexity index is 430. The Morgan fingerprint density at radius 3 is 2.71 bits per heavy atom. The summed E-state index contributed by atoms with van der Waals surface area (Å²) < 4.78 is 0. The van der Waals surface area contributed by atoms with Crippen LogP contribution in [0.2, 0.25) is 0 Å². The van der Waals surface area contributed by atoms with E-state index >= 15 is 0 Å². The van der Waals surface area contributed by atoms with Crippen LogP contribution >= 0.6 is 0 Å². The number of amides is 1. The summed E-state index contributed by atoms with van der Waals surface area (Å²) in [7, 11) is 0. The van der Waals surface area contributed by atoms with E-state index in [1.54, 1.807) is 0 Å². The lowest BCUT2D eigenvalue weighted by molar-refractivity contribution is -0.131. The lowest BCUT2D eigenvalue weighted by atomic mass is 9.83. The van der Waals surface area contributed by atoms with Gasteiger partial charge in [-0.3, -0.25) is 4.79 Å². The lowest BCUT2D eigenvalue weighted by Gasteiger charge is -2.48. The minimum atomic E-state index is 0.299. The van der Waals surface area contributed by atoms with Crippen molar-refractivity contribution in [3.05, 3.63) is 23.3 Å². The van der Waals surface area contributed by atoms with Crippen LogP contribution in [0.1, 0.15) is 19.3 Å². The number of rotatable bonds is 1. The molecule has 4 aliphatic heterocycles. The minimum absolute atomic E-state index is 0.299.